The molecule has 1 saturated heterocycles. The molecule has 8 heteroatoms. The van der Waals surface area contributed by atoms with Crippen molar-refractivity contribution in [1.29, 1.82) is 0 Å². The number of anilines is 1. The third-order valence-electron chi connectivity index (χ3n) is 2.22. The van der Waals surface area contributed by atoms with Gasteiger partial charge in [-0.3, -0.25) is 0 Å². The van der Waals surface area contributed by atoms with Crippen LogP contribution in [0.15, 0.2) is 18.3 Å². The fourth-order valence-electron chi connectivity index (χ4n) is 1.25. The predicted octanol–water partition coefficient (Wildman–Crippen LogP) is 2.33. The Hall–Kier alpha value is -0.720. The lowest BCUT2D eigenvalue weighted by molar-refractivity contribution is -0.137. The number of nitrogens with one attached hydrogen (secondary N) is 2. The maximum absolute atomic E-state index is 12.2. The van der Waals surface area contributed by atoms with Gasteiger partial charge in [0.05, 0.1) is 11.6 Å². The van der Waals surface area contributed by atoms with Gasteiger partial charge in [-0.1, -0.05) is 0 Å². The fourth-order valence-corrected chi connectivity index (χ4v) is 1.25. The molecule has 0 amide bonds. The highest BCUT2D eigenvalue weighted by atomic mass is 35.5. The van der Waals surface area contributed by atoms with Crippen LogP contribution in [0.1, 0.15) is 5.56 Å². The van der Waals surface area contributed by atoms with E-state index >= 15 is 0 Å². The van der Waals surface area contributed by atoms with Gasteiger partial charge in [0, 0.05) is 19.3 Å². The molecule has 2 N–H and O–H groups in total. The van der Waals surface area contributed by atoms with E-state index in [9.17, 15) is 13.2 Å². The van der Waals surface area contributed by atoms with Gasteiger partial charge in [0.15, 0.2) is 0 Å². The molecule has 0 saturated carbocycles. The maximum Gasteiger partial charge on any atom is 0.417 e. The molecular formula is C9H12Cl2F3N3. The first-order valence-electron chi connectivity index (χ1n) is 4.56. The van der Waals surface area contributed by atoms with Gasteiger partial charge in [-0.2, -0.15) is 13.2 Å². The Morgan fingerprint density at radius 2 is 1.88 bits per heavy atom. The Morgan fingerprint density at radius 1 is 1.24 bits per heavy atom. The van der Waals surface area contributed by atoms with E-state index in [1.54, 1.807) is 0 Å². The molecule has 17 heavy (non-hydrogen) atoms. The van der Waals surface area contributed by atoms with Gasteiger partial charge in [-0.05, 0) is 12.1 Å². The van der Waals surface area contributed by atoms with Crippen LogP contribution in [0, 0.1) is 0 Å². The predicted molar refractivity (Wildman–Crippen MR) is 64.0 cm³/mol. The first kappa shape index (κ1) is 16.3. The average Bonchev–Trinajstić information content (AvgIpc) is 2.11. The van der Waals surface area contributed by atoms with Crippen LogP contribution in [-0.2, 0) is 6.18 Å². The van der Waals surface area contributed by atoms with E-state index in [1.165, 1.54) is 6.07 Å². The molecule has 1 aliphatic rings. The molecule has 1 aromatic rings. The molecule has 0 bridgehead atoms. The zero-order valence-electron chi connectivity index (χ0n) is 8.62. The number of halogens is 5. The van der Waals surface area contributed by atoms with E-state index in [4.69, 9.17) is 0 Å². The van der Waals surface area contributed by atoms with Gasteiger partial charge >= 0.3 is 6.18 Å². The van der Waals surface area contributed by atoms with Crippen molar-refractivity contribution < 1.29 is 13.2 Å². The van der Waals surface area contributed by atoms with Crippen molar-refractivity contribution in [3.05, 3.63) is 23.9 Å². The minimum atomic E-state index is -4.32. The largest absolute Gasteiger partial charge is 0.417 e. The van der Waals surface area contributed by atoms with Gasteiger partial charge in [0.2, 0.25) is 0 Å². The number of hydrogen-bond donors (Lipinski definition) is 2. The minimum absolute atomic E-state index is 0. The van der Waals surface area contributed by atoms with Crippen LogP contribution in [0.5, 0.6) is 0 Å². The summed E-state index contributed by atoms with van der Waals surface area (Å²) in [6, 6.07) is 2.65. The van der Waals surface area contributed by atoms with Crippen molar-refractivity contribution in [3.8, 4) is 0 Å². The van der Waals surface area contributed by atoms with Crippen molar-refractivity contribution in [3.63, 3.8) is 0 Å². The van der Waals surface area contributed by atoms with E-state index in [2.05, 4.69) is 15.6 Å². The lowest BCUT2D eigenvalue weighted by Gasteiger charge is -2.28. The van der Waals surface area contributed by atoms with Gasteiger partial charge in [0.1, 0.15) is 5.82 Å². The number of hydrogen-bond acceptors (Lipinski definition) is 3. The Bertz CT molecular complexity index is 338. The summed E-state index contributed by atoms with van der Waals surface area (Å²) in [6.45, 7) is 1.64. The smallest absolute Gasteiger partial charge is 0.365 e. The van der Waals surface area contributed by atoms with E-state index in [0.717, 1.165) is 25.4 Å². The van der Waals surface area contributed by atoms with Crippen LogP contribution < -0.4 is 10.6 Å². The van der Waals surface area contributed by atoms with Crippen molar-refractivity contribution >= 4 is 30.6 Å². The molecule has 0 radical (unpaired) electrons. The van der Waals surface area contributed by atoms with Gasteiger partial charge in [0.25, 0.3) is 0 Å². The molecule has 0 aromatic carbocycles. The maximum atomic E-state index is 12.2. The van der Waals surface area contributed by atoms with Crippen LogP contribution in [-0.4, -0.2) is 24.1 Å². The highest BCUT2D eigenvalue weighted by Gasteiger charge is 2.30. The molecular weight excluding hydrogens is 278 g/mol. The molecule has 1 aliphatic heterocycles. The van der Waals surface area contributed by atoms with E-state index in [0.29, 0.717) is 5.82 Å². The molecule has 3 nitrogen and oxygen atoms in total. The molecule has 0 aliphatic carbocycles. The monoisotopic (exact) mass is 289 g/mol. The summed E-state index contributed by atoms with van der Waals surface area (Å²) in [4.78, 5) is 3.71. The van der Waals surface area contributed by atoms with Crippen molar-refractivity contribution in [2.75, 3.05) is 18.4 Å². The van der Waals surface area contributed by atoms with Crippen molar-refractivity contribution in [1.82, 2.24) is 10.3 Å². The van der Waals surface area contributed by atoms with E-state index < -0.39 is 11.7 Å². The normalized spacial score (nSPS) is 15.2. The van der Waals surface area contributed by atoms with Crippen LogP contribution in [0.3, 0.4) is 0 Å². The first-order chi connectivity index (χ1) is 7.05. The summed E-state index contributed by atoms with van der Waals surface area (Å²) in [7, 11) is 0. The second-order valence-electron chi connectivity index (χ2n) is 3.43. The van der Waals surface area contributed by atoms with Crippen LogP contribution in [0.25, 0.3) is 0 Å². The average molecular weight is 290 g/mol. The number of nitrogens with zero attached hydrogens (tertiary/aromatic N) is 1. The van der Waals surface area contributed by atoms with Crippen molar-refractivity contribution in [2.45, 2.75) is 12.2 Å². The highest BCUT2D eigenvalue weighted by molar-refractivity contribution is 5.85. The number of alkyl halides is 3. The van der Waals surface area contributed by atoms with Gasteiger partial charge in [-0.25, -0.2) is 4.98 Å². The SMILES string of the molecule is Cl.Cl.FC(F)(F)c1ccc(NC2CNC2)nc1. The molecule has 1 fully saturated rings. The Balaban J connectivity index is 0.00000128. The standard InChI is InChI=1S/C9H10F3N3.2ClH/c10-9(11,12)6-1-2-8(14-3-6)15-7-4-13-5-7;;/h1-3,7,13H,4-5H2,(H,14,15);2*1H. The number of pyridine rings is 1. The fraction of sp³-hybridized carbons (Fsp3) is 0.444. The minimum Gasteiger partial charge on any atom is -0.365 e. The van der Waals surface area contributed by atoms with Crippen molar-refractivity contribution in [2.24, 2.45) is 0 Å². The third kappa shape index (κ3) is 4.22. The second-order valence-corrected chi connectivity index (χ2v) is 3.43. The molecule has 1 aromatic heterocycles. The highest BCUT2D eigenvalue weighted by Crippen LogP contribution is 2.28. The van der Waals surface area contributed by atoms with E-state index in [-0.39, 0.29) is 30.9 Å². The molecule has 0 unspecified atom stereocenters. The summed E-state index contributed by atoms with van der Waals surface area (Å²) in [5, 5.41) is 6.06. The van der Waals surface area contributed by atoms with Crippen LogP contribution in [0.4, 0.5) is 19.0 Å². The topological polar surface area (TPSA) is 37.0 Å². The summed E-state index contributed by atoms with van der Waals surface area (Å²) in [6.07, 6.45) is -3.47. The van der Waals surface area contributed by atoms with Gasteiger partial charge < -0.3 is 10.6 Å². The summed E-state index contributed by atoms with van der Waals surface area (Å²) in [5.41, 5.74) is -0.722. The summed E-state index contributed by atoms with van der Waals surface area (Å²) in [5.74, 6) is 0.481. The number of rotatable bonds is 2. The molecule has 0 spiro atoms. The quantitative estimate of drug-likeness (QED) is 0.877. The lowest BCUT2D eigenvalue weighted by atomic mass is 10.2. The Morgan fingerprint density at radius 3 is 2.24 bits per heavy atom. The molecule has 2 rings (SSSR count). The van der Waals surface area contributed by atoms with Crippen LogP contribution in [0.2, 0.25) is 0 Å². The molecule has 98 valence electrons. The van der Waals surface area contributed by atoms with Crippen LogP contribution >= 0.6 is 24.8 Å². The zero-order chi connectivity index (χ0) is 10.9. The summed E-state index contributed by atoms with van der Waals surface area (Å²) >= 11 is 0. The zero-order valence-corrected chi connectivity index (χ0v) is 10.3. The summed E-state index contributed by atoms with van der Waals surface area (Å²) < 4.78 is 36.6. The second kappa shape index (κ2) is 6.28. The molecule has 0 atom stereocenters. The Labute approximate surface area is 109 Å². The molecule has 2 heterocycles. The first-order valence-corrected chi connectivity index (χ1v) is 4.56. The van der Waals surface area contributed by atoms with Gasteiger partial charge in [-0.15, -0.1) is 24.8 Å². The Kier molecular flexibility index (Phi) is 6.01. The van der Waals surface area contributed by atoms with E-state index in [1.807, 2.05) is 0 Å². The number of aromatic nitrogens is 1. The lowest BCUT2D eigenvalue weighted by Crippen LogP contribution is -2.51. The third-order valence-corrected chi connectivity index (χ3v) is 2.22.